The molecule has 41 heavy (non-hydrogen) atoms. The molecular formula is C29H28N6O4S2. The molecule has 0 radical (unpaired) electrons. The van der Waals surface area contributed by atoms with E-state index < -0.39 is 10.0 Å². The van der Waals surface area contributed by atoms with Crippen molar-refractivity contribution in [3.63, 3.8) is 0 Å². The highest BCUT2D eigenvalue weighted by Gasteiger charge is 2.29. The summed E-state index contributed by atoms with van der Waals surface area (Å²) in [7, 11) is -3.81. The van der Waals surface area contributed by atoms with Crippen LogP contribution in [0.2, 0.25) is 0 Å². The van der Waals surface area contributed by atoms with E-state index in [2.05, 4.69) is 20.5 Å². The van der Waals surface area contributed by atoms with Crippen LogP contribution < -0.4 is 5.32 Å². The summed E-state index contributed by atoms with van der Waals surface area (Å²) in [5, 5.41) is 13.3. The number of anilines is 1. The van der Waals surface area contributed by atoms with Crippen molar-refractivity contribution in [1.29, 1.82) is 0 Å². The first-order valence-corrected chi connectivity index (χ1v) is 15.5. The molecule has 1 saturated heterocycles. The maximum Gasteiger partial charge on any atom is 0.245 e. The zero-order chi connectivity index (χ0) is 28.4. The van der Waals surface area contributed by atoms with Crippen LogP contribution in [0.4, 0.5) is 5.69 Å². The lowest BCUT2D eigenvalue weighted by Gasteiger charge is -2.27. The van der Waals surface area contributed by atoms with Crippen LogP contribution in [0.5, 0.6) is 0 Å². The number of hydrogen-bond donors (Lipinski definition) is 2. The molecule has 0 bridgehead atoms. The van der Waals surface area contributed by atoms with Crippen molar-refractivity contribution < 1.29 is 17.9 Å². The first-order chi connectivity index (χ1) is 19.9. The Morgan fingerprint density at radius 2 is 1.78 bits per heavy atom. The summed E-state index contributed by atoms with van der Waals surface area (Å²) < 4.78 is 35.5. The topological polar surface area (TPSA) is 122 Å². The lowest BCUT2D eigenvalue weighted by Crippen LogP contribution is -2.41. The summed E-state index contributed by atoms with van der Waals surface area (Å²) in [6.45, 7) is 3.04. The molecule has 3 heterocycles. The molecule has 2 N–H and O–H groups in total. The first-order valence-electron chi connectivity index (χ1n) is 13.1. The predicted octanol–water partition coefficient (Wildman–Crippen LogP) is 4.48. The van der Waals surface area contributed by atoms with Crippen molar-refractivity contribution in [2.24, 2.45) is 0 Å². The van der Waals surface area contributed by atoms with Crippen molar-refractivity contribution in [2.75, 3.05) is 37.4 Å². The Kier molecular flexibility index (Phi) is 7.63. The van der Waals surface area contributed by atoms with Gasteiger partial charge in [0.25, 0.3) is 0 Å². The minimum absolute atomic E-state index is 0.00374. The number of aromatic nitrogens is 4. The molecule has 0 atom stereocenters. The van der Waals surface area contributed by atoms with Gasteiger partial charge in [0, 0.05) is 41.4 Å². The zero-order valence-electron chi connectivity index (χ0n) is 22.3. The van der Waals surface area contributed by atoms with Gasteiger partial charge >= 0.3 is 0 Å². The third-order valence-corrected chi connectivity index (χ3v) is 9.68. The van der Waals surface area contributed by atoms with Gasteiger partial charge in [0.05, 0.1) is 24.7 Å². The average molecular weight is 589 g/mol. The van der Waals surface area contributed by atoms with Crippen LogP contribution in [0.15, 0.2) is 89.0 Å². The number of rotatable bonds is 8. The minimum Gasteiger partial charge on any atom is -0.379 e. The molecule has 0 spiro atoms. The highest BCUT2D eigenvalue weighted by atomic mass is 32.2. The SMILES string of the molecule is Cc1ccc(NC(=O)CSc2nnc(-c3c[nH]c4ccccc34)n2-c2ccccc2)c(S(=O)(=O)N2CCOCC2)c1. The molecule has 10 nitrogen and oxygen atoms in total. The highest BCUT2D eigenvalue weighted by Crippen LogP contribution is 2.33. The highest BCUT2D eigenvalue weighted by molar-refractivity contribution is 7.99. The van der Waals surface area contributed by atoms with Gasteiger partial charge in [-0.15, -0.1) is 10.2 Å². The number of nitrogens with one attached hydrogen (secondary N) is 2. The molecule has 2 aromatic heterocycles. The minimum atomic E-state index is -3.81. The normalized spacial score (nSPS) is 14.4. The second-order valence-corrected chi connectivity index (χ2v) is 12.4. The monoisotopic (exact) mass is 588 g/mol. The van der Waals surface area contributed by atoms with E-state index in [4.69, 9.17) is 4.74 Å². The van der Waals surface area contributed by atoms with Crippen molar-refractivity contribution >= 4 is 44.3 Å². The van der Waals surface area contributed by atoms with Gasteiger partial charge in [0.15, 0.2) is 11.0 Å². The number of fused-ring (bicyclic) bond motifs is 1. The number of para-hydroxylation sites is 2. The standard InChI is InChI=1S/C29H28N6O4S2/c1-20-11-12-25(26(17-20)41(37,38)34-13-15-39-16-14-34)31-27(36)19-40-29-33-32-28(35(29)21-7-3-2-4-8-21)23-18-30-24-10-6-5-9-22(23)24/h2-12,17-18,30H,13-16,19H2,1H3,(H,31,36). The molecular weight excluding hydrogens is 560 g/mol. The number of H-pyrrole nitrogens is 1. The Hall–Kier alpha value is -3.97. The van der Waals surface area contributed by atoms with E-state index in [0.717, 1.165) is 27.7 Å². The molecule has 1 aliphatic heterocycles. The fraction of sp³-hybridized carbons (Fsp3) is 0.207. The molecule has 1 fully saturated rings. The Balaban J connectivity index is 1.26. The molecule has 6 rings (SSSR count). The largest absolute Gasteiger partial charge is 0.379 e. The molecule has 0 unspecified atom stereocenters. The van der Waals surface area contributed by atoms with Crippen LogP contribution in [-0.2, 0) is 19.6 Å². The van der Waals surface area contributed by atoms with Gasteiger partial charge in [0.1, 0.15) is 4.90 Å². The molecule has 210 valence electrons. The van der Waals surface area contributed by atoms with E-state index in [1.54, 1.807) is 18.2 Å². The van der Waals surface area contributed by atoms with Crippen molar-refractivity contribution in [1.82, 2.24) is 24.1 Å². The number of ether oxygens (including phenoxy) is 1. The number of carbonyl (C=O) groups excluding carboxylic acids is 1. The Bertz CT molecular complexity index is 1810. The third-order valence-electron chi connectivity index (χ3n) is 6.81. The quantitative estimate of drug-likeness (QED) is 0.256. The van der Waals surface area contributed by atoms with Crippen LogP contribution in [0.1, 0.15) is 5.56 Å². The fourth-order valence-electron chi connectivity index (χ4n) is 4.79. The Labute approximate surface area is 241 Å². The van der Waals surface area contributed by atoms with Crippen LogP contribution >= 0.6 is 11.8 Å². The van der Waals surface area contributed by atoms with E-state index in [-0.39, 0.29) is 35.3 Å². The summed E-state index contributed by atoms with van der Waals surface area (Å²) in [5.41, 5.74) is 3.77. The van der Waals surface area contributed by atoms with Gasteiger partial charge < -0.3 is 15.0 Å². The summed E-state index contributed by atoms with van der Waals surface area (Å²) in [4.78, 5) is 16.5. The number of amides is 1. The van der Waals surface area contributed by atoms with Gasteiger partial charge in [-0.1, -0.05) is 54.2 Å². The average Bonchev–Trinajstić information content (AvgIpc) is 3.62. The molecule has 1 aliphatic rings. The van der Waals surface area contributed by atoms with E-state index in [1.807, 2.05) is 72.3 Å². The van der Waals surface area contributed by atoms with Gasteiger partial charge in [0.2, 0.25) is 15.9 Å². The molecule has 3 aromatic carbocycles. The number of hydrogen-bond acceptors (Lipinski definition) is 7. The second kappa shape index (κ2) is 11.5. The second-order valence-electron chi connectivity index (χ2n) is 9.58. The third kappa shape index (κ3) is 5.51. The number of aryl methyl sites for hydroxylation is 1. The smallest absolute Gasteiger partial charge is 0.245 e. The van der Waals surface area contributed by atoms with E-state index in [1.165, 1.54) is 16.1 Å². The lowest BCUT2D eigenvalue weighted by molar-refractivity contribution is -0.113. The van der Waals surface area contributed by atoms with Crippen LogP contribution in [0.3, 0.4) is 0 Å². The number of carbonyl (C=O) groups is 1. The maximum absolute atomic E-state index is 13.4. The van der Waals surface area contributed by atoms with Gasteiger partial charge in [-0.2, -0.15) is 4.31 Å². The predicted molar refractivity (Wildman–Crippen MR) is 159 cm³/mol. The van der Waals surface area contributed by atoms with Crippen molar-refractivity contribution in [2.45, 2.75) is 17.0 Å². The summed E-state index contributed by atoms with van der Waals surface area (Å²) >= 11 is 1.23. The molecule has 0 aliphatic carbocycles. The van der Waals surface area contributed by atoms with Crippen LogP contribution in [0, 0.1) is 6.92 Å². The number of thioether (sulfide) groups is 1. The zero-order valence-corrected chi connectivity index (χ0v) is 23.9. The first kappa shape index (κ1) is 27.2. The number of benzene rings is 3. The van der Waals surface area contributed by atoms with Crippen LogP contribution in [0.25, 0.3) is 28.0 Å². The summed E-state index contributed by atoms with van der Waals surface area (Å²) in [6, 6.07) is 22.7. The van der Waals surface area contributed by atoms with E-state index in [9.17, 15) is 13.2 Å². The van der Waals surface area contributed by atoms with E-state index in [0.29, 0.717) is 24.2 Å². The Morgan fingerprint density at radius 3 is 2.59 bits per heavy atom. The molecule has 1 amide bonds. The summed E-state index contributed by atoms with van der Waals surface area (Å²) in [6.07, 6.45) is 1.91. The maximum atomic E-state index is 13.4. The van der Waals surface area contributed by atoms with Gasteiger partial charge in [-0.3, -0.25) is 9.36 Å². The van der Waals surface area contributed by atoms with Gasteiger partial charge in [-0.25, -0.2) is 8.42 Å². The summed E-state index contributed by atoms with van der Waals surface area (Å²) in [5.74, 6) is 0.298. The number of morpholine rings is 1. The number of nitrogens with zero attached hydrogens (tertiary/aromatic N) is 4. The van der Waals surface area contributed by atoms with Crippen LogP contribution in [-0.4, -0.2) is 70.4 Å². The van der Waals surface area contributed by atoms with Gasteiger partial charge in [-0.05, 0) is 42.8 Å². The molecule has 5 aromatic rings. The van der Waals surface area contributed by atoms with Crippen molar-refractivity contribution in [3.8, 4) is 17.1 Å². The molecule has 0 saturated carbocycles. The lowest BCUT2D eigenvalue weighted by atomic mass is 10.1. The van der Waals surface area contributed by atoms with E-state index >= 15 is 0 Å². The molecule has 12 heteroatoms. The van der Waals surface area contributed by atoms with Crippen molar-refractivity contribution in [3.05, 3.63) is 84.6 Å². The number of aromatic amines is 1. The number of sulfonamides is 1. The fourth-order valence-corrected chi connectivity index (χ4v) is 7.18. The Morgan fingerprint density at radius 1 is 1.02 bits per heavy atom.